The van der Waals surface area contributed by atoms with E-state index in [4.69, 9.17) is 0 Å². The normalized spacial score (nSPS) is 13.3. The summed E-state index contributed by atoms with van der Waals surface area (Å²) < 4.78 is 40.0. The largest absolute Gasteiger partial charge is 0.416 e. The molecular formula is C14H17F3N4. The van der Waals surface area contributed by atoms with Crippen molar-refractivity contribution in [2.45, 2.75) is 32.1 Å². The van der Waals surface area contributed by atoms with E-state index in [-0.39, 0.29) is 6.04 Å². The van der Waals surface area contributed by atoms with Crippen LogP contribution in [0.1, 0.15) is 30.5 Å². The van der Waals surface area contributed by atoms with Crippen LogP contribution in [0, 0.1) is 0 Å². The summed E-state index contributed by atoms with van der Waals surface area (Å²) in [4.78, 5) is 3.85. The highest BCUT2D eigenvalue weighted by Crippen LogP contribution is 2.31. The summed E-state index contributed by atoms with van der Waals surface area (Å²) in [6, 6.07) is 5.15. The first-order valence-electron chi connectivity index (χ1n) is 6.73. The Labute approximate surface area is 121 Å². The first-order valence-corrected chi connectivity index (χ1v) is 6.73. The number of rotatable bonds is 6. The molecule has 2 aromatic rings. The summed E-state index contributed by atoms with van der Waals surface area (Å²) in [6.45, 7) is 3.16. The molecule has 7 heteroatoms. The quantitative estimate of drug-likeness (QED) is 0.891. The molecule has 1 N–H and O–H groups in total. The second kappa shape index (κ2) is 6.71. The summed E-state index contributed by atoms with van der Waals surface area (Å²) >= 11 is 0. The molecule has 0 aliphatic rings. The van der Waals surface area contributed by atoms with Gasteiger partial charge in [-0.3, -0.25) is 4.68 Å². The molecule has 21 heavy (non-hydrogen) atoms. The van der Waals surface area contributed by atoms with Gasteiger partial charge in [-0.2, -0.15) is 18.3 Å². The lowest BCUT2D eigenvalue weighted by Crippen LogP contribution is -2.27. The van der Waals surface area contributed by atoms with E-state index in [2.05, 4.69) is 15.4 Å². The Morgan fingerprint density at radius 2 is 2.14 bits per heavy atom. The van der Waals surface area contributed by atoms with Gasteiger partial charge in [0.2, 0.25) is 0 Å². The summed E-state index contributed by atoms with van der Waals surface area (Å²) in [6.07, 6.45) is -0.483. The van der Waals surface area contributed by atoms with Crippen LogP contribution in [0.15, 0.2) is 36.9 Å². The first-order chi connectivity index (χ1) is 10.0. The molecule has 0 amide bonds. The van der Waals surface area contributed by atoms with E-state index in [0.29, 0.717) is 12.1 Å². The maximum absolute atomic E-state index is 12.8. The summed E-state index contributed by atoms with van der Waals surface area (Å²) in [5.41, 5.74) is -0.0457. The minimum atomic E-state index is -4.33. The van der Waals surface area contributed by atoms with E-state index in [1.807, 2.05) is 6.92 Å². The Kier molecular flexibility index (Phi) is 4.95. The average Bonchev–Trinajstić information content (AvgIpc) is 2.95. The number of aromatic nitrogens is 3. The molecule has 1 aromatic heterocycles. The molecule has 1 heterocycles. The van der Waals surface area contributed by atoms with Crippen LogP contribution in [0.25, 0.3) is 0 Å². The van der Waals surface area contributed by atoms with E-state index < -0.39 is 11.7 Å². The van der Waals surface area contributed by atoms with E-state index in [1.54, 1.807) is 17.1 Å². The summed E-state index contributed by atoms with van der Waals surface area (Å²) in [5.74, 6) is 0. The fourth-order valence-electron chi connectivity index (χ4n) is 2.05. The minimum absolute atomic E-state index is 0.242. The molecule has 0 bridgehead atoms. The third kappa shape index (κ3) is 4.29. The van der Waals surface area contributed by atoms with Gasteiger partial charge in [-0.05, 0) is 30.7 Å². The first kappa shape index (κ1) is 15.5. The molecule has 0 aliphatic heterocycles. The van der Waals surface area contributed by atoms with E-state index in [1.165, 1.54) is 18.5 Å². The number of nitrogens with zero attached hydrogens (tertiary/aromatic N) is 3. The standard InChI is InChI=1S/C14H17F3N4/c1-2-6-19-13(8-21-10-18-9-20-21)11-4-3-5-12(7-11)14(15,16)17/h3-5,7,9-10,13,19H,2,6,8H2,1H3. The average molecular weight is 298 g/mol. The highest BCUT2D eigenvalue weighted by atomic mass is 19.4. The maximum Gasteiger partial charge on any atom is 0.416 e. The fourth-order valence-corrected chi connectivity index (χ4v) is 2.05. The van der Waals surface area contributed by atoms with Crippen LogP contribution in [0.5, 0.6) is 0 Å². The van der Waals surface area contributed by atoms with Crippen molar-refractivity contribution in [2.75, 3.05) is 6.54 Å². The van der Waals surface area contributed by atoms with Crippen molar-refractivity contribution in [3.8, 4) is 0 Å². The molecule has 0 saturated heterocycles. The zero-order valence-corrected chi connectivity index (χ0v) is 11.6. The number of alkyl halides is 3. The lowest BCUT2D eigenvalue weighted by Gasteiger charge is -2.20. The van der Waals surface area contributed by atoms with Crippen molar-refractivity contribution in [2.24, 2.45) is 0 Å². The van der Waals surface area contributed by atoms with Gasteiger partial charge in [0.25, 0.3) is 0 Å². The van der Waals surface area contributed by atoms with Gasteiger partial charge in [0, 0.05) is 0 Å². The van der Waals surface area contributed by atoms with Crippen molar-refractivity contribution in [3.63, 3.8) is 0 Å². The van der Waals surface area contributed by atoms with Gasteiger partial charge < -0.3 is 5.32 Å². The molecule has 0 fully saturated rings. The molecule has 0 radical (unpaired) electrons. The SMILES string of the molecule is CCCNC(Cn1cncn1)c1cccc(C(F)(F)F)c1. The van der Waals surface area contributed by atoms with Crippen LogP contribution in [-0.4, -0.2) is 21.3 Å². The van der Waals surface area contributed by atoms with Crippen molar-refractivity contribution in [3.05, 3.63) is 48.0 Å². The third-order valence-electron chi connectivity index (χ3n) is 3.09. The molecule has 2 rings (SSSR count). The highest BCUT2D eigenvalue weighted by Gasteiger charge is 2.31. The molecule has 114 valence electrons. The third-order valence-corrected chi connectivity index (χ3v) is 3.09. The second-order valence-electron chi connectivity index (χ2n) is 4.75. The van der Waals surface area contributed by atoms with Crippen molar-refractivity contribution in [1.82, 2.24) is 20.1 Å². The topological polar surface area (TPSA) is 42.7 Å². The molecule has 1 unspecified atom stereocenters. The molecule has 1 atom stereocenters. The Morgan fingerprint density at radius 3 is 2.76 bits per heavy atom. The van der Waals surface area contributed by atoms with Crippen LogP contribution in [-0.2, 0) is 12.7 Å². The van der Waals surface area contributed by atoms with Gasteiger partial charge in [0.1, 0.15) is 12.7 Å². The van der Waals surface area contributed by atoms with Crippen LogP contribution < -0.4 is 5.32 Å². The molecular weight excluding hydrogens is 281 g/mol. The number of nitrogens with one attached hydrogen (secondary N) is 1. The minimum Gasteiger partial charge on any atom is -0.308 e. The van der Waals surface area contributed by atoms with Gasteiger partial charge in [0.15, 0.2) is 0 Å². The molecule has 1 aromatic carbocycles. The van der Waals surface area contributed by atoms with Crippen molar-refractivity contribution in [1.29, 1.82) is 0 Å². The number of hydrogen-bond donors (Lipinski definition) is 1. The monoisotopic (exact) mass is 298 g/mol. The number of halogens is 3. The number of benzene rings is 1. The zero-order chi connectivity index (χ0) is 15.3. The molecule has 4 nitrogen and oxygen atoms in total. The predicted octanol–water partition coefficient (Wildman–Crippen LogP) is 3.04. The summed E-state index contributed by atoms with van der Waals surface area (Å²) in [5, 5.41) is 7.25. The smallest absolute Gasteiger partial charge is 0.308 e. The Morgan fingerprint density at radius 1 is 1.33 bits per heavy atom. The zero-order valence-electron chi connectivity index (χ0n) is 11.6. The van der Waals surface area contributed by atoms with Gasteiger partial charge in [-0.1, -0.05) is 19.1 Å². The van der Waals surface area contributed by atoms with Crippen LogP contribution in [0.3, 0.4) is 0 Å². The molecule has 0 aliphatic carbocycles. The van der Waals surface area contributed by atoms with Crippen LogP contribution in [0.2, 0.25) is 0 Å². The lowest BCUT2D eigenvalue weighted by molar-refractivity contribution is -0.137. The molecule has 0 spiro atoms. The Hall–Kier alpha value is -1.89. The van der Waals surface area contributed by atoms with Gasteiger partial charge in [-0.15, -0.1) is 0 Å². The Balaban J connectivity index is 2.23. The number of hydrogen-bond acceptors (Lipinski definition) is 3. The van der Waals surface area contributed by atoms with Crippen molar-refractivity contribution < 1.29 is 13.2 Å². The van der Waals surface area contributed by atoms with E-state index in [9.17, 15) is 13.2 Å². The van der Waals surface area contributed by atoms with E-state index in [0.717, 1.165) is 19.0 Å². The van der Waals surface area contributed by atoms with Crippen LogP contribution >= 0.6 is 0 Å². The van der Waals surface area contributed by atoms with Gasteiger partial charge >= 0.3 is 6.18 Å². The van der Waals surface area contributed by atoms with E-state index >= 15 is 0 Å². The van der Waals surface area contributed by atoms with Gasteiger partial charge in [-0.25, -0.2) is 4.98 Å². The van der Waals surface area contributed by atoms with Crippen molar-refractivity contribution >= 4 is 0 Å². The predicted molar refractivity (Wildman–Crippen MR) is 72.5 cm³/mol. The Bertz CT molecular complexity index is 552. The summed E-state index contributed by atoms with van der Waals surface area (Å²) in [7, 11) is 0. The maximum atomic E-state index is 12.8. The van der Waals surface area contributed by atoms with Gasteiger partial charge in [0.05, 0.1) is 18.2 Å². The highest BCUT2D eigenvalue weighted by molar-refractivity contribution is 5.28. The fraction of sp³-hybridized carbons (Fsp3) is 0.429. The molecule has 0 saturated carbocycles. The second-order valence-corrected chi connectivity index (χ2v) is 4.75. The van der Waals surface area contributed by atoms with Crippen LogP contribution in [0.4, 0.5) is 13.2 Å². The lowest BCUT2D eigenvalue weighted by atomic mass is 10.0.